The van der Waals surface area contributed by atoms with Crippen LogP contribution in [0.4, 0.5) is 4.79 Å². The molecule has 0 aliphatic heterocycles. The number of amides is 2. The van der Waals surface area contributed by atoms with Crippen LogP contribution in [0, 0.1) is 5.41 Å². The maximum Gasteiger partial charge on any atom is 0.407 e. The van der Waals surface area contributed by atoms with Crippen LogP contribution >= 0.6 is 0 Å². The fourth-order valence-electron chi connectivity index (χ4n) is 3.71. The van der Waals surface area contributed by atoms with Crippen molar-refractivity contribution in [1.29, 1.82) is 0 Å². The van der Waals surface area contributed by atoms with E-state index in [4.69, 9.17) is 14.6 Å². The third-order valence-electron chi connectivity index (χ3n) is 5.74. The average molecular weight is 455 g/mol. The Morgan fingerprint density at radius 1 is 0.939 bits per heavy atom. The van der Waals surface area contributed by atoms with Gasteiger partial charge in [0, 0.05) is 19.0 Å². The number of carboxylic acids is 1. The highest BCUT2D eigenvalue weighted by Crippen LogP contribution is 2.44. The van der Waals surface area contributed by atoms with Crippen molar-refractivity contribution in [1.82, 2.24) is 10.6 Å². The lowest BCUT2D eigenvalue weighted by molar-refractivity contribution is -0.147. The molecular weight excluding hydrogens is 424 g/mol. The first-order chi connectivity index (χ1) is 15.8. The van der Waals surface area contributed by atoms with Gasteiger partial charge in [-0.25, -0.2) is 4.79 Å². The maximum absolute atomic E-state index is 12.1. The SMILES string of the molecule is CC(C)(CCNC(=O)COCCNC(=O)OCC1c2ccccc2-c2ccccc21)C(=O)O. The number of ether oxygens (including phenoxy) is 2. The minimum absolute atomic E-state index is 0.00537. The molecule has 0 fully saturated rings. The van der Waals surface area contributed by atoms with E-state index in [0.29, 0.717) is 6.42 Å². The average Bonchev–Trinajstić information content (AvgIpc) is 3.11. The van der Waals surface area contributed by atoms with E-state index in [1.165, 1.54) is 11.1 Å². The molecule has 3 rings (SSSR count). The van der Waals surface area contributed by atoms with Gasteiger partial charge in [0.1, 0.15) is 13.2 Å². The fourth-order valence-corrected chi connectivity index (χ4v) is 3.71. The number of benzene rings is 2. The van der Waals surface area contributed by atoms with Gasteiger partial charge in [0.2, 0.25) is 5.91 Å². The van der Waals surface area contributed by atoms with Crippen LogP contribution in [0.1, 0.15) is 37.3 Å². The van der Waals surface area contributed by atoms with Crippen molar-refractivity contribution < 1.29 is 29.0 Å². The van der Waals surface area contributed by atoms with Crippen LogP contribution in [0.5, 0.6) is 0 Å². The Morgan fingerprint density at radius 2 is 1.55 bits per heavy atom. The van der Waals surface area contributed by atoms with Crippen LogP contribution in [0.25, 0.3) is 11.1 Å². The number of nitrogens with one attached hydrogen (secondary N) is 2. The summed E-state index contributed by atoms with van der Waals surface area (Å²) in [7, 11) is 0. The molecule has 0 saturated carbocycles. The monoisotopic (exact) mass is 454 g/mol. The Kier molecular flexibility index (Phi) is 8.06. The number of hydrogen-bond acceptors (Lipinski definition) is 5. The molecule has 0 aromatic heterocycles. The molecule has 8 nitrogen and oxygen atoms in total. The summed E-state index contributed by atoms with van der Waals surface area (Å²) in [5.41, 5.74) is 3.72. The number of hydrogen-bond donors (Lipinski definition) is 3. The van der Waals surface area contributed by atoms with Gasteiger partial charge >= 0.3 is 12.1 Å². The van der Waals surface area contributed by atoms with E-state index in [0.717, 1.165) is 11.1 Å². The van der Waals surface area contributed by atoms with Gasteiger partial charge in [0.25, 0.3) is 0 Å². The minimum atomic E-state index is -0.910. The fraction of sp³-hybridized carbons (Fsp3) is 0.400. The van der Waals surface area contributed by atoms with Gasteiger partial charge < -0.3 is 25.2 Å². The first-order valence-corrected chi connectivity index (χ1v) is 11.0. The number of carboxylic acid groups (broad SMARTS) is 1. The summed E-state index contributed by atoms with van der Waals surface area (Å²) < 4.78 is 10.7. The molecule has 2 aromatic carbocycles. The van der Waals surface area contributed by atoms with Crippen molar-refractivity contribution in [2.75, 3.05) is 32.9 Å². The van der Waals surface area contributed by atoms with Gasteiger partial charge in [-0.1, -0.05) is 48.5 Å². The highest BCUT2D eigenvalue weighted by atomic mass is 16.5. The quantitative estimate of drug-likeness (QED) is 0.450. The molecular formula is C25H30N2O6. The lowest BCUT2D eigenvalue weighted by Gasteiger charge is -2.18. The summed E-state index contributed by atoms with van der Waals surface area (Å²) in [6, 6.07) is 16.2. The Bertz CT molecular complexity index is 958. The molecule has 0 saturated heterocycles. The zero-order valence-electron chi connectivity index (χ0n) is 18.9. The second-order valence-electron chi connectivity index (χ2n) is 8.59. The van der Waals surface area contributed by atoms with Crippen LogP contribution in [-0.2, 0) is 19.1 Å². The van der Waals surface area contributed by atoms with Gasteiger partial charge in [-0.2, -0.15) is 0 Å². The molecule has 8 heteroatoms. The third kappa shape index (κ3) is 6.32. The maximum atomic E-state index is 12.1. The molecule has 3 N–H and O–H groups in total. The van der Waals surface area contributed by atoms with Crippen molar-refractivity contribution >= 4 is 18.0 Å². The molecule has 1 aliphatic carbocycles. The lowest BCUT2D eigenvalue weighted by atomic mass is 9.90. The summed E-state index contributed by atoms with van der Waals surface area (Å²) in [5.74, 6) is -1.25. The second-order valence-corrected chi connectivity index (χ2v) is 8.59. The third-order valence-corrected chi connectivity index (χ3v) is 5.74. The second kappa shape index (κ2) is 11.0. The number of rotatable bonds is 11. The minimum Gasteiger partial charge on any atom is -0.481 e. The summed E-state index contributed by atoms with van der Waals surface area (Å²) in [6.45, 7) is 3.88. The van der Waals surface area contributed by atoms with E-state index in [9.17, 15) is 14.4 Å². The number of fused-ring (bicyclic) bond motifs is 3. The molecule has 0 heterocycles. The highest BCUT2D eigenvalue weighted by molar-refractivity contribution is 5.79. The van der Waals surface area contributed by atoms with Crippen molar-refractivity contribution in [3.8, 4) is 11.1 Å². The summed E-state index contributed by atoms with van der Waals surface area (Å²) in [4.78, 5) is 34.9. The van der Waals surface area contributed by atoms with Gasteiger partial charge in [-0.05, 0) is 42.5 Å². The zero-order valence-corrected chi connectivity index (χ0v) is 18.9. The van der Waals surface area contributed by atoms with Gasteiger partial charge in [-0.3, -0.25) is 9.59 Å². The van der Waals surface area contributed by atoms with E-state index >= 15 is 0 Å². The van der Waals surface area contributed by atoms with Crippen LogP contribution in [0.15, 0.2) is 48.5 Å². The normalized spacial score (nSPS) is 12.5. The van der Waals surface area contributed by atoms with Crippen molar-refractivity contribution in [3.63, 3.8) is 0 Å². The summed E-state index contributed by atoms with van der Waals surface area (Å²) in [5, 5.41) is 14.3. The number of aliphatic carboxylic acids is 1. The number of alkyl carbamates (subject to hydrolysis) is 1. The Labute approximate surface area is 193 Å². The van der Waals surface area contributed by atoms with Crippen LogP contribution < -0.4 is 10.6 Å². The molecule has 176 valence electrons. The predicted molar refractivity (Wildman–Crippen MR) is 123 cm³/mol. The largest absolute Gasteiger partial charge is 0.481 e. The van der Waals surface area contributed by atoms with E-state index in [-0.39, 0.29) is 44.7 Å². The lowest BCUT2D eigenvalue weighted by Crippen LogP contribution is -2.34. The molecule has 2 amide bonds. The zero-order chi connectivity index (χ0) is 23.8. The van der Waals surface area contributed by atoms with Crippen molar-refractivity contribution in [3.05, 3.63) is 59.7 Å². The van der Waals surface area contributed by atoms with Crippen molar-refractivity contribution in [2.45, 2.75) is 26.2 Å². The van der Waals surface area contributed by atoms with Crippen LogP contribution in [0.2, 0.25) is 0 Å². The van der Waals surface area contributed by atoms with E-state index in [1.807, 2.05) is 24.3 Å². The molecule has 0 bridgehead atoms. The first-order valence-electron chi connectivity index (χ1n) is 11.0. The van der Waals surface area contributed by atoms with Gasteiger partial charge in [0.05, 0.1) is 12.0 Å². The summed E-state index contributed by atoms with van der Waals surface area (Å²) >= 11 is 0. The molecule has 33 heavy (non-hydrogen) atoms. The molecule has 0 atom stereocenters. The topological polar surface area (TPSA) is 114 Å². The Balaban J connectivity index is 1.33. The number of carbonyl (C=O) groups is 3. The van der Waals surface area contributed by atoms with Crippen molar-refractivity contribution in [2.24, 2.45) is 5.41 Å². The Hall–Kier alpha value is -3.39. The van der Waals surface area contributed by atoms with E-state index < -0.39 is 17.5 Å². The van der Waals surface area contributed by atoms with Crippen LogP contribution in [0.3, 0.4) is 0 Å². The van der Waals surface area contributed by atoms with Gasteiger partial charge in [0.15, 0.2) is 0 Å². The first kappa shape index (κ1) is 24.3. The molecule has 2 aromatic rings. The van der Waals surface area contributed by atoms with E-state index in [2.05, 4.69) is 34.9 Å². The van der Waals surface area contributed by atoms with E-state index in [1.54, 1.807) is 13.8 Å². The van der Waals surface area contributed by atoms with Crippen LogP contribution in [-0.4, -0.2) is 56.0 Å². The Morgan fingerprint density at radius 3 is 2.15 bits per heavy atom. The predicted octanol–water partition coefficient (Wildman–Crippen LogP) is 3.16. The molecule has 0 unspecified atom stereocenters. The molecule has 1 aliphatic rings. The van der Waals surface area contributed by atoms with Gasteiger partial charge in [-0.15, -0.1) is 0 Å². The highest BCUT2D eigenvalue weighted by Gasteiger charge is 2.29. The standard InChI is InChI=1S/C25H30N2O6/c1-25(2,23(29)30)11-12-26-22(28)16-32-14-13-27-24(31)33-15-21-19-9-5-3-7-17(19)18-8-4-6-10-20(18)21/h3-10,21H,11-16H2,1-2H3,(H,26,28)(H,27,31)(H,29,30). The molecule has 0 spiro atoms. The summed E-state index contributed by atoms with van der Waals surface area (Å²) in [6.07, 6.45) is -0.224. The number of carbonyl (C=O) groups excluding carboxylic acids is 2. The molecule has 0 radical (unpaired) electrons. The smallest absolute Gasteiger partial charge is 0.407 e.